The third-order valence-electron chi connectivity index (χ3n) is 10.6. The van der Waals surface area contributed by atoms with Gasteiger partial charge in [-0.3, -0.25) is 23.7 Å². The van der Waals surface area contributed by atoms with Crippen molar-refractivity contribution in [1.82, 2.24) is 14.5 Å². The van der Waals surface area contributed by atoms with Gasteiger partial charge in [0, 0.05) is 60.9 Å². The van der Waals surface area contributed by atoms with Crippen molar-refractivity contribution in [2.75, 3.05) is 11.5 Å². The molecule has 376 valence electrons. The van der Waals surface area contributed by atoms with E-state index in [-0.39, 0.29) is 87.2 Å². The van der Waals surface area contributed by atoms with Crippen molar-refractivity contribution in [3.63, 3.8) is 0 Å². The summed E-state index contributed by atoms with van der Waals surface area (Å²) in [6.07, 6.45) is 8.31. The highest BCUT2D eigenvalue weighted by Gasteiger charge is 2.26. The van der Waals surface area contributed by atoms with E-state index in [1.54, 1.807) is 36.4 Å². The molecule has 4 aromatic carbocycles. The molecule has 0 atom stereocenters. The number of aromatic nitrogens is 3. The molecule has 8 rings (SSSR count). The Morgan fingerprint density at radius 2 is 1.23 bits per heavy atom. The number of aryl methyl sites for hydroxylation is 1. The summed E-state index contributed by atoms with van der Waals surface area (Å²) in [4.78, 5) is 77.9. The van der Waals surface area contributed by atoms with Gasteiger partial charge in [-0.1, -0.05) is 96.9 Å². The van der Waals surface area contributed by atoms with Gasteiger partial charge in [0.05, 0.1) is 11.1 Å². The number of nitrogens with zero attached hydrogens (tertiary/aromatic N) is 3. The van der Waals surface area contributed by atoms with E-state index in [4.69, 9.17) is 53.9 Å². The van der Waals surface area contributed by atoms with E-state index >= 15 is 0 Å². The lowest BCUT2D eigenvalue weighted by Crippen LogP contribution is -2.21. The molecule has 1 aliphatic rings. The number of nitrogens with two attached hydrogens (primary N) is 2. The lowest BCUT2D eigenvalue weighted by atomic mass is 9.88. The fourth-order valence-electron chi connectivity index (χ4n) is 7.04. The summed E-state index contributed by atoms with van der Waals surface area (Å²) in [5.41, 5.74) is 13.5. The second kappa shape index (κ2) is 23.7. The number of halogens is 5. The summed E-state index contributed by atoms with van der Waals surface area (Å²) in [5.74, 6) is -3.40. The Balaban J connectivity index is 0.000000238. The molecule has 1 aliphatic carbocycles. The Morgan fingerprint density at radius 1 is 0.712 bits per heavy atom. The summed E-state index contributed by atoms with van der Waals surface area (Å²) in [6, 6.07) is 23.2. The van der Waals surface area contributed by atoms with Gasteiger partial charge < -0.3 is 35.3 Å². The molecule has 0 radical (unpaired) electrons. The number of phosphoric ester groups is 1. The summed E-state index contributed by atoms with van der Waals surface area (Å²) >= 11 is 12.1. The van der Waals surface area contributed by atoms with Crippen molar-refractivity contribution in [3.8, 4) is 34.1 Å². The molecule has 0 aliphatic heterocycles. The molecule has 0 bridgehead atoms. The number of rotatable bonds is 15. The van der Waals surface area contributed by atoms with E-state index in [1.807, 2.05) is 6.92 Å². The van der Waals surface area contributed by atoms with Gasteiger partial charge in [0.2, 0.25) is 0 Å². The predicted molar refractivity (Wildman–Crippen MR) is 270 cm³/mol. The van der Waals surface area contributed by atoms with Crippen molar-refractivity contribution < 1.29 is 55.9 Å². The molecule has 6 N–H and O–H groups in total. The van der Waals surface area contributed by atoms with Crippen LogP contribution in [-0.4, -0.2) is 41.7 Å². The minimum absolute atomic E-state index is 0. The summed E-state index contributed by atoms with van der Waals surface area (Å²) in [6.45, 7) is 1.25. The second-order valence-corrected chi connectivity index (χ2v) is 17.8. The van der Waals surface area contributed by atoms with Crippen LogP contribution in [-0.2, 0) is 38.3 Å². The van der Waals surface area contributed by atoms with Gasteiger partial charge in [0.25, 0.3) is 0 Å². The number of benzene rings is 4. The Labute approximate surface area is 425 Å². The fourth-order valence-corrected chi connectivity index (χ4v) is 7.63. The molecular weight excluding hydrogens is 1010 g/mol. The number of nitrogen functional groups attached to an aromatic ring is 2. The van der Waals surface area contributed by atoms with E-state index in [2.05, 4.69) is 14.5 Å². The first kappa shape index (κ1) is 54.6. The summed E-state index contributed by atoms with van der Waals surface area (Å²) < 4.78 is 70.5. The van der Waals surface area contributed by atoms with Crippen LogP contribution in [0, 0.1) is 24.4 Å². The average Bonchev–Trinajstić information content (AvgIpc) is 3.34. The average molecular weight is 1060 g/mol. The van der Waals surface area contributed by atoms with Gasteiger partial charge in [-0.25, -0.2) is 27.7 Å². The molecule has 0 saturated carbocycles. The predicted octanol–water partition coefficient (Wildman–Crippen LogP) is 11.0. The maximum absolute atomic E-state index is 14.8. The number of allylic oxidation sites excluding steroid dienone is 4. The maximum atomic E-state index is 14.8. The minimum Gasteiger partial charge on any atom is -0.453 e. The highest BCUT2D eigenvalue weighted by Crippen LogP contribution is 2.37. The van der Waals surface area contributed by atoms with Crippen LogP contribution in [0.2, 0.25) is 10.0 Å². The van der Waals surface area contributed by atoms with E-state index < -0.39 is 54.8 Å². The zero-order valence-corrected chi connectivity index (χ0v) is 39.9. The number of ketones is 3. The molecule has 7 aromatic rings. The molecule has 0 spiro atoms. The first-order valence-corrected chi connectivity index (χ1v) is 23.5. The minimum atomic E-state index is -4.83. The van der Waals surface area contributed by atoms with Crippen LogP contribution in [0.1, 0.15) is 46.5 Å². The van der Waals surface area contributed by atoms with Gasteiger partial charge in [-0.2, -0.15) is 0 Å². The fraction of sp³-hybridized carbons (Fsp3) is 0.115. The monoisotopic (exact) mass is 1060 g/mol. The van der Waals surface area contributed by atoms with E-state index in [1.165, 1.54) is 83.8 Å². The van der Waals surface area contributed by atoms with E-state index in [9.17, 15) is 36.9 Å². The first-order valence-electron chi connectivity index (χ1n) is 21.3. The zero-order chi connectivity index (χ0) is 51.9. The van der Waals surface area contributed by atoms with Gasteiger partial charge in [0.15, 0.2) is 57.4 Å². The number of ether oxygens (including phenoxy) is 2. The highest BCUT2D eigenvalue weighted by molar-refractivity contribution is 7.46. The number of phosphoric acid groups is 1. The second-order valence-electron chi connectivity index (χ2n) is 15.8. The van der Waals surface area contributed by atoms with Crippen molar-refractivity contribution in [2.24, 2.45) is 0 Å². The number of Topliss-reactive ketones (excluding diaryl/α,β-unsaturated/α-hetero) is 3. The van der Waals surface area contributed by atoms with Crippen molar-refractivity contribution in [2.45, 2.75) is 40.3 Å². The largest absolute Gasteiger partial charge is 0.471 e. The standard InChI is InChI=1S/C26H22ClFN3O7P.C25H17ClF2N2O3.CH4/c1-15-2-5-17(6-3-15)18-12-31(14-37-39(34,35)36)13-19(25(18)33)21(32)11-16-4-7-22(20(28)10-16)38-23-8-9-30-26(29)24(23)27;26-23-22(10-11-30-25(23)29)33-21-9-4-14(12-19(21)28)13-20(31)18-3-1-2-17(24(18)32)15-5-7-16(27)8-6-15;/h2-10,12-13H,11,14H2,1H3,(H2,29,30)(H2,34,35,36);2-12H,1,13H2,(H2,29,30);1H4. The van der Waals surface area contributed by atoms with E-state index in [0.717, 1.165) is 23.9 Å². The number of hydrogen-bond donors (Lipinski definition) is 4. The lowest BCUT2D eigenvalue weighted by molar-refractivity contribution is -0.118. The topological polar surface area (TPSA) is 236 Å². The van der Waals surface area contributed by atoms with Gasteiger partial charge in [0.1, 0.15) is 34.2 Å². The van der Waals surface area contributed by atoms with Crippen LogP contribution in [0.3, 0.4) is 0 Å². The van der Waals surface area contributed by atoms with Crippen LogP contribution in [0.5, 0.6) is 23.0 Å². The quantitative estimate of drug-likeness (QED) is 0.0425. The van der Waals surface area contributed by atoms with Crippen LogP contribution in [0.25, 0.3) is 16.7 Å². The van der Waals surface area contributed by atoms with Crippen LogP contribution in [0.15, 0.2) is 144 Å². The molecular formula is C52H43Cl2F3N5O10P. The van der Waals surface area contributed by atoms with Gasteiger partial charge in [-0.15, -0.1) is 0 Å². The molecule has 3 aromatic heterocycles. The summed E-state index contributed by atoms with van der Waals surface area (Å²) in [7, 11) is -4.83. The normalized spacial score (nSPS) is 12.1. The molecule has 0 amide bonds. The van der Waals surface area contributed by atoms with Crippen molar-refractivity contribution >= 4 is 65.6 Å². The third kappa shape index (κ3) is 13.8. The summed E-state index contributed by atoms with van der Waals surface area (Å²) in [5, 5.41) is 0.0764. The Hall–Kier alpha value is -7.70. The van der Waals surface area contributed by atoms with Gasteiger partial charge >= 0.3 is 7.82 Å². The number of carbonyl (C=O) groups is 3. The van der Waals surface area contributed by atoms with Crippen LogP contribution < -0.4 is 26.4 Å². The molecule has 21 heteroatoms. The number of pyridine rings is 3. The van der Waals surface area contributed by atoms with Crippen LogP contribution >= 0.6 is 31.0 Å². The molecule has 0 saturated heterocycles. The SMILES string of the molecule is C.Cc1ccc(-c2cn(COP(=O)(O)O)cc(C(=O)Cc3ccc(Oc4ccnc(N)c4Cl)c(F)c3)c2=O)cc1.Nc1nccc(Oc2ccc(CC(=O)C3=CCC=C(c4ccc(F)cc4)C3=O)cc2F)c1Cl. The van der Waals surface area contributed by atoms with E-state index in [0.29, 0.717) is 28.7 Å². The van der Waals surface area contributed by atoms with Gasteiger partial charge in [-0.05, 0) is 72.0 Å². The number of carbonyl (C=O) groups excluding carboxylic acids is 3. The highest BCUT2D eigenvalue weighted by atomic mass is 35.5. The lowest BCUT2D eigenvalue weighted by Gasteiger charge is -2.14. The Kier molecular flexibility index (Phi) is 17.7. The smallest absolute Gasteiger partial charge is 0.453 e. The number of anilines is 2. The third-order valence-corrected chi connectivity index (χ3v) is 11.8. The van der Waals surface area contributed by atoms with Crippen molar-refractivity contribution in [3.05, 3.63) is 205 Å². The molecule has 73 heavy (non-hydrogen) atoms. The molecule has 0 fully saturated rings. The zero-order valence-electron chi connectivity index (χ0n) is 37.5. The maximum Gasteiger partial charge on any atom is 0.471 e. The van der Waals surface area contributed by atoms with Crippen LogP contribution in [0.4, 0.5) is 24.8 Å². The Morgan fingerprint density at radius 3 is 1.75 bits per heavy atom. The molecule has 0 unspecified atom stereocenters. The number of hydrogen-bond acceptors (Lipinski definition) is 12. The molecule has 15 nitrogen and oxygen atoms in total. The Bertz CT molecular complexity index is 3420. The molecule has 3 heterocycles. The first-order chi connectivity index (χ1) is 34.2. The van der Waals surface area contributed by atoms with Crippen molar-refractivity contribution in [1.29, 1.82) is 0 Å².